The van der Waals surface area contributed by atoms with Crippen molar-refractivity contribution in [3.05, 3.63) is 64.2 Å². The van der Waals surface area contributed by atoms with Crippen LogP contribution in [0.3, 0.4) is 0 Å². The molecule has 2 aromatic carbocycles. The Morgan fingerprint density at radius 1 is 1.19 bits per heavy atom. The standard InChI is InChI=1S/C21H24N2O4/c1-12-7-16(24)8-13(2)17(12)10-18(22)20(25)23-11-15-6-4-3-5-14(15)9-19(23)21(26)27/h3-8,18-19,24H,9-11,22H2,1-2H3,(H,26,27)/t18-,19+/m1/s1. The smallest absolute Gasteiger partial charge is 0.326 e. The predicted molar refractivity (Wildman–Crippen MR) is 101 cm³/mol. The molecule has 142 valence electrons. The molecule has 6 heteroatoms. The average Bonchev–Trinajstić information content (AvgIpc) is 2.62. The number of amides is 1. The van der Waals surface area contributed by atoms with Crippen molar-refractivity contribution in [2.24, 2.45) is 5.73 Å². The van der Waals surface area contributed by atoms with Crippen LogP contribution < -0.4 is 5.73 Å². The maximum Gasteiger partial charge on any atom is 0.326 e. The summed E-state index contributed by atoms with van der Waals surface area (Å²) in [5, 5.41) is 19.3. The zero-order valence-electron chi connectivity index (χ0n) is 15.5. The Hall–Kier alpha value is -2.86. The fourth-order valence-corrected chi connectivity index (χ4v) is 3.79. The van der Waals surface area contributed by atoms with Gasteiger partial charge in [-0.25, -0.2) is 4.79 Å². The van der Waals surface area contributed by atoms with E-state index in [1.807, 2.05) is 38.1 Å². The molecule has 2 atom stereocenters. The second kappa shape index (κ2) is 7.40. The molecular formula is C21H24N2O4. The van der Waals surface area contributed by atoms with Crippen molar-refractivity contribution in [2.45, 2.75) is 45.3 Å². The first kappa shape index (κ1) is 18.9. The highest BCUT2D eigenvalue weighted by Gasteiger charge is 2.36. The van der Waals surface area contributed by atoms with Gasteiger partial charge in [-0.2, -0.15) is 0 Å². The largest absolute Gasteiger partial charge is 0.508 e. The summed E-state index contributed by atoms with van der Waals surface area (Å²) < 4.78 is 0. The molecule has 1 amide bonds. The summed E-state index contributed by atoms with van der Waals surface area (Å²) in [6.07, 6.45) is 0.572. The molecule has 4 N–H and O–H groups in total. The molecule has 1 aliphatic rings. The summed E-state index contributed by atoms with van der Waals surface area (Å²) in [5.74, 6) is -1.22. The number of carbonyl (C=O) groups excluding carboxylic acids is 1. The SMILES string of the molecule is Cc1cc(O)cc(C)c1C[C@@H](N)C(=O)N1Cc2ccccc2C[C@H]1C(=O)O. The number of phenolic OH excluding ortho intramolecular Hbond substituents is 1. The molecule has 1 aliphatic heterocycles. The minimum Gasteiger partial charge on any atom is -0.508 e. The number of aromatic hydroxyl groups is 1. The Morgan fingerprint density at radius 3 is 2.37 bits per heavy atom. The van der Waals surface area contributed by atoms with Gasteiger partial charge >= 0.3 is 5.97 Å². The highest BCUT2D eigenvalue weighted by Crippen LogP contribution is 2.26. The van der Waals surface area contributed by atoms with Crippen LogP contribution in [0.25, 0.3) is 0 Å². The lowest BCUT2D eigenvalue weighted by atomic mass is 9.92. The van der Waals surface area contributed by atoms with Crippen molar-refractivity contribution in [1.82, 2.24) is 4.90 Å². The number of carboxylic acids is 1. The number of carbonyl (C=O) groups is 2. The Bertz CT molecular complexity index is 870. The third kappa shape index (κ3) is 3.80. The number of nitrogens with two attached hydrogens (primary N) is 1. The number of hydrogen-bond acceptors (Lipinski definition) is 4. The van der Waals surface area contributed by atoms with Crippen molar-refractivity contribution in [3.8, 4) is 5.75 Å². The van der Waals surface area contributed by atoms with Crippen LogP contribution in [-0.4, -0.2) is 39.1 Å². The maximum atomic E-state index is 13.0. The number of phenols is 1. The average molecular weight is 368 g/mol. The molecule has 0 radical (unpaired) electrons. The first-order chi connectivity index (χ1) is 12.8. The molecule has 0 saturated heterocycles. The van der Waals surface area contributed by atoms with E-state index in [0.717, 1.165) is 27.8 Å². The van der Waals surface area contributed by atoms with Crippen molar-refractivity contribution >= 4 is 11.9 Å². The fourth-order valence-electron chi connectivity index (χ4n) is 3.79. The number of aryl methyl sites for hydroxylation is 2. The number of aliphatic carboxylic acids is 1. The molecule has 3 rings (SSSR count). The number of fused-ring (bicyclic) bond motifs is 1. The summed E-state index contributed by atoms with van der Waals surface area (Å²) in [4.78, 5) is 26.1. The highest BCUT2D eigenvalue weighted by atomic mass is 16.4. The van der Waals surface area contributed by atoms with Crippen molar-refractivity contribution in [3.63, 3.8) is 0 Å². The van der Waals surface area contributed by atoms with Gasteiger partial charge in [-0.3, -0.25) is 4.79 Å². The van der Waals surface area contributed by atoms with Gasteiger partial charge in [0.2, 0.25) is 5.91 Å². The van der Waals surface area contributed by atoms with Crippen LogP contribution >= 0.6 is 0 Å². The van der Waals surface area contributed by atoms with Gasteiger partial charge < -0.3 is 20.8 Å². The number of nitrogens with zero attached hydrogens (tertiary/aromatic N) is 1. The van der Waals surface area contributed by atoms with E-state index in [1.165, 1.54) is 4.90 Å². The zero-order chi connectivity index (χ0) is 19.7. The normalized spacial score (nSPS) is 17.3. The Balaban J connectivity index is 1.84. The summed E-state index contributed by atoms with van der Waals surface area (Å²) >= 11 is 0. The molecule has 0 aliphatic carbocycles. The molecule has 1 heterocycles. The van der Waals surface area contributed by atoms with Crippen LogP contribution in [0.5, 0.6) is 5.75 Å². The van der Waals surface area contributed by atoms with Gasteiger partial charge in [0.1, 0.15) is 11.8 Å². The monoisotopic (exact) mass is 368 g/mol. The number of benzene rings is 2. The van der Waals surface area contributed by atoms with Gasteiger partial charge in [0.15, 0.2) is 0 Å². The summed E-state index contributed by atoms with van der Waals surface area (Å²) in [6.45, 7) is 3.96. The Labute approximate surface area is 158 Å². The van der Waals surface area contributed by atoms with E-state index >= 15 is 0 Å². The van der Waals surface area contributed by atoms with Crippen LogP contribution in [0.2, 0.25) is 0 Å². The van der Waals surface area contributed by atoms with Gasteiger partial charge in [0, 0.05) is 13.0 Å². The van der Waals surface area contributed by atoms with Crippen LogP contribution in [0, 0.1) is 13.8 Å². The second-order valence-corrected chi connectivity index (χ2v) is 7.16. The third-order valence-electron chi connectivity index (χ3n) is 5.24. The van der Waals surface area contributed by atoms with Crippen LogP contribution in [-0.2, 0) is 29.0 Å². The van der Waals surface area contributed by atoms with Crippen molar-refractivity contribution in [1.29, 1.82) is 0 Å². The number of carboxylic acid groups (broad SMARTS) is 1. The van der Waals surface area contributed by atoms with Gasteiger partial charge in [0.25, 0.3) is 0 Å². The second-order valence-electron chi connectivity index (χ2n) is 7.16. The minimum absolute atomic E-state index is 0.173. The van der Waals surface area contributed by atoms with Crippen molar-refractivity contribution < 1.29 is 19.8 Å². The first-order valence-electron chi connectivity index (χ1n) is 8.92. The minimum atomic E-state index is -1.03. The zero-order valence-corrected chi connectivity index (χ0v) is 15.5. The topological polar surface area (TPSA) is 104 Å². The highest BCUT2D eigenvalue weighted by molar-refractivity contribution is 5.88. The van der Waals surface area contributed by atoms with Gasteiger partial charge in [-0.05, 0) is 60.2 Å². The predicted octanol–water partition coefficient (Wildman–Crippen LogP) is 1.92. The van der Waals surface area contributed by atoms with Crippen LogP contribution in [0.4, 0.5) is 0 Å². The first-order valence-corrected chi connectivity index (χ1v) is 8.92. The van der Waals surface area contributed by atoms with E-state index in [9.17, 15) is 19.8 Å². The van der Waals surface area contributed by atoms with Crippen LogP contribution in [0.15, 0.2) is 36.4 Å². The van der Waals surface area contributed by atoms with E-state index < -0.39 is 18.1 Å². The summed E-state index contributed by atoms with van der Waals surface area (Å²) in [5.41, 5.74) is 10.7. The van der Waals surface area contributed by atoms with E-state index in [0.29, 0.717) is 6.42 Å². The lowest BCUT2D eigenvalue weighted by Gasteiger charge is -2.36. The molecular weight excluding hydrogens is 344 g/mol. The van der Waals surface area contributed by atoms with E-state index in [1.54, 1.807) is 12.1 Å². The van der Waals surface area contributed by atoms with Gasteiger partial charge in [-0.15, -0.1) is 0 Å². The molecule has 0 saturated carbocycles. The molecule has 0 bridgehead atoms. The molecule has 2 aromatic rings. The van der Waals surface area contributed by atoms with Gasteiger partial charge in [0.05, 0.1) is 6.04 Å². The Kier molecular flexibility index (Phi) is 5.19. The molecule has 0 aromatic heterocycles. The van der Waals surface area contributed by atoms with Crippen molar-refractivity contribution in [2.75, 3.05) is 0 Å². The Morgan fingerprint density at radius 2 is 1.78 bits per heavy atom. The van der Waals surface area contributed by atoms with Crippen LogP contribution in [0.1, 0.15) is 27.8 Å². The third-order valence-corrected chi connectivity index (χ3v) is 5.24. The lowest BCUT2D eigenvalue weighted by molar-refractivity contribution is -0.152. The number of hydrogen-bond donors (Lipinski definition) is 3. The fraction of sp³-hybridized carbons (Fsp3) is 0.333. The molecule has 0 fully saturated rings. The van der Waals surface area contributed by atoms with E-state index in [4.69, 9.17) is 5.73 Å². The maximum absolute atomic E-state index is 13.0. The summed E-state index contributed by atoms with van der Waals surface area (Å²) in [6, 6.07) is 9.07. The molecule has 0 unspecified atom stereocenters. The van der Waals surface area contributed by atoms with E-state index in [-0.39, 0.29) is 24.6 Å². The number of rotatable bonds is 4. The van der Waals surface area contributed by atoms with Gasteiger partial charge in [-0.1, -0.05) is 24.3 Å². The molecule has 27 heavy (non-hydrogen) atoms. The molecule has 0 spiro atoms. The molecule has 6 nitrogen and oxygen atoms in total. The summed E-state index contributed by atoms with van der Waals surface area (Å²) in [7, 11) is 0. The quantitative estimate of drug-likeness (QED) is 0.765. The van der Waals surface area contributed by atoms with E-state index in [2.05, 4.69) is 0 Å². The lowest BCUT2D eigenvalue weighted by Crippen LogP contribution is -2.54.